The van der Waals surface area contributed by atoms with E-state index in [1.807, 2.05) is 19.2 Å². The maximum absolute atomic E-state index is 12.6. The Morgan fingerprint density at radius 2 is 1.79 bits per heavy atom. The lowest BCUT2D eigenvalue weighted by Gasteiger charge is -2.17. The van der Waals surface area contributed by atoms with Gasteiger partial charge in [-0.1, -0.05) is 65.9 Å². The second-order valence-electron chi connectivity index (χ2n) is 6.89. The van der Waals surface area contributed by atoms with E-state index < -0.39 is 0 Å². The average Bonchev–Trinajstić information content (AvgIpc) is 3.10. The Labute approximate surface area is 170 Å². The van der Waals surface area contributed by atoms with Gasteiger partial charge in [-0.15, -0.1) is 10.2 Å². The zero-order valence-corrected chi connectivity index (χ0v) is 17.7. The molecule has 3 aromatic rings. The molecule has 1 heterocycles. The first-order valence-electron chi connectivity index (χ1n) is 9.41. The molecule has 0 unspecified atom stereocenters. The van der Waals surface area contributed by atoms with Gasteiger partial charge in [-0.05, 0) is 31.9 Å². The minimum atomic E-state index is 0.0775. The molecule has 3 rings (SSSR count). The molecule has 146 valence electrons. The Hall–Kier alpha value is -2.60. The first-order chi connectivity index (χ1) is 13.5. The zero-order valence-electron chi connectivity index (χ0n) is 16.8. The third-order valence-corrected chi connectivity index (χ3v) is 5.66. The summed E-state index contributed by atoms with van der Waals surface area (Å²) < 4.78 is 2.07. The molecule has 0 aliphatic rings. The molecule has 0 spiro atoms. The van der Waals surface area contributed by atoms with E-state index in [2.05, 4.69) is 71.9 Å². The second kappa shape index (κ2) is 9.06. The molecule has 0 saturated heterocycles. The molecule has 0 aliphatic heterocycles. The van der Waals surface area contributed by atoms with E-state index in [0.29, 0.717) is 12.3 Å². The van der Waals surface area contributed by atoms with E-state index in [-0.39, 0.29) is 5.91 Å². The molecule has 0 saturated carbocycles. The Bertz CT molecular complexity index is 949. The van der Waals surface area contributed by atoms with E-state index in [0.717, 1.165) is 34.2 Å². The van der Waals surface area contributed by atoms with Crippen molar-refractivity contribution in [2.24, 2.45) is 0 Å². The number of hydrogen-bond acceptors (Lipinski definition) is 4. The van der Waals surface area contributed by atoms with Crippen molar-refractivity contribution >= 4 is 17.7 Å². The Morgan fingerprint density at radius 1 is 1.07 bits per heavy atom. The van der Waals surface area contributed by atoms with Gasteiger partial charge in [0, 0.05) is 25.7 Å². The molecule has 0 radical (unpaired) electrons. The van der Waals surface area contributed by atoms with E-state index in [1.54, 1.807) is 4.90 Å². The number of thioether (sulfide) groups is 1. The standard InChI is InChI=1S/C22H26N4OS/c1-5-26-21(19-9-7-6-8-17(19)3)23-24-22(26)28-15-20(27)25(4)14-18-12-10-16(2)11-13-18/h6-13H,5,14-15H2,1-4H3. The summed E-state index contributed by atoms with van der Waals surface area (Å²) in [7, 11) is 1.84. The van der Waals surface area contributed by atoms with Crippen LogP contribution in [0.4, 0.5) is 0 Å². The van der Waals surface area contributed by atoms with Crippen molar-refractivity contribution in [3.8, 4) is 11.4 Å². The van der Waals surface area contributed by atoms with Crippen molar-refractivity contribution in [1.82, 2.24) is 19.7 Å². The monoisotopic (exact) mass is 394 g/mol. The third kappa shape index (κ3) is 4.62. The number of carbonyl (C=O) groups is 1. The van der Waals surface area contributed by atoms with E-state index in [4.69, 9.17) is 0 Å². The van der Waals surface area contributed by atoms with E-state index in [9.17, 15) is 4.79 Å². The van der Waals surface area contributed by atoms with Crippen LogP contribution in [0.25, 0.3) is 11.4 Å². The van der Waals surface area contributed by atoms with Gasteiger partial charge in [0.2, 0.25) is 5.91 Å². The van der Waals surface area contributed by atoms with Crippen LogP contribution in [0.15, 0.2) is 53.7 Å². The van der Waals surface area contributed by atoms with Crippen molar-refractivity contribution in [3.05, 3.63) is 65.2 Å². The topological polar surface area (TPSA) is 51.0 Å². The lowest BCUT2D eigenvalue weighted by Crippen LogP contribution is -2.27. The van der Waals surface area contributed by atoms with Gasteiger partial charge in [-0.25, -0.2) is 0 Å². The van der Waals surface area contributed by atoms with Crippen molar-refractivity contribution in [3.63, 3.8) is 0 Å². The van der Waals surface area contributed by atoms with Crippen LogP contribution in [0.3, 0.4) is 0 Å². The van der Waals surface area contributed by atoms with Gasteiger partial charge >= 0.3 is 0 Å². The molecule has 2 aromatic carbocycles. The van der Waals surface area contributed by atoms with Crippen LogP contribution >= 0.6 is 11.8 Å². The van der Waals surface area contributed by atoms with E-state index in [1.165, 1.54) is 17.3 Å². The molecular weight excluding hydrogens is 368 g/mol. The average molecular weight is 395 g/mol. The number of benzene rings is 2. The molecule has 0 aliphatic carbocycles. The summed E-state index contributed by atoms with van der Waals surface area (Å²) in [5.41, 5.74) is 4.59. The Balaban J connectivity index is 1.66. The lowest BCUT2D eigenvalue weighted by molar-refractivity contribution is -0.127. The van der Waals surface area contributed by atoms with Crippen molar-refractivity contribution < 1.29 is 4.79 Å². The van der Waals surface area contributed by atoms with Gasteiger partial charge < -0.3 is 9.47 Å². The molecular formula is C22H26N4OS. The first kappa shape index (κ1) is 20.1. The predicted molar refractivity (Wildman–Crippen MR) is 114 cm³/mol. The van der Waals surface area contributed by atoms with E-state index >= 15 is 0 Å². The van der Waals surface area contributed by atoms with Gasteiger partial charge in [0.05, 0.1) is 5.75 Å². The SMILES string of the molecule is CCn1c(SCC(=O)N(C)Cc2ccc(C)cc2)nnc1-c1ccccc1C. The Morgan fingerprint density at radius 3 is 2.46 bits per heavy atom. The molecule has 0 N–H and O–H groups in total. The fourth-order valence-corrected chi connectivity index (χ4v) is 3.94. The van der Waals surface area contributed by atoms with Crippen LogP contribution < -0.4 is 0 Å². The second-order valence-corrected chi connectivity index (χ2v) is 7.83. The normalized spacial score (nSPS) is 10.9. The van der Waals surface area contributed by atoms with Crippen LogP contribution in [-0.2, 0) is 17.9 Å². The highest BCUT2D eigenvalue weighted by Gasteiger charge is 2.17. The van der Waals surface area contributed by atoms with Crippen LogP contribution in [-0.4, -0.2) is 38.4 Å². The highest BCUT2D eigenvalue weighted by Crippen LogP contribution is 2.26. The van der Waals surface area contributed by atoms with Crippen LogP contribution in [0.5, 0.6) is 0 Å². The number of rotatable bonds is 7. The van der Waals surface area contributed by atoms with Gasteiger partial charge in [-0.2, -0.15) is 0 Å². The summed E-state index contributed by atoms with van der Waals surface area (Å²) in [5.74, 6) is 1.27. The first-order valence-corrected chi connectivity index (χ1v) is 10.4. The number of aryl methyl sites for hydroxylation is 2. The number of aromatic nitrogens is 3. The molecule has 28 heavy (non-hydrogen) atoms. The largest absolute Gasteiger partial charge is 0.341 e. The number of carbonyl (C=O) groups excluding carboxylic acids is 1. The van der Waals surface area contributed by atoms with Crippen LogP contribution in [0, 0.1) is 13.8 Å². The summed E-state index contributed by atoms with van der Waals surface area (Å²) in [6.45, 7) is 7.56. The fraction of sp³-hybridized carbons (Fsp3) is 0.318. The maximum atomic E-state index is 12.6. The fourth-order valence-electron chi connectivity index (χ4n) is 3.00. The molecule has 0 bridgehead atoms. The van der Waals surface area contributed by atoms with Gasteiger partial charge in [0.1, 0.15) is 0 Å². The van der Waals surface area contributed by atoms with Gasteiger partial charge in [0.15, 0.2) is 11.0 Å². The summed E-state index contributed by atoms with van der Waals surface area (Å²) in [4.78, 5) is 14.3. The number of amides is 1. The van der Waals surface area contributed by atoms with Gasteiger partial charge in [0.25, 0.3) is 0 Å². The van der Waals surface area contributed by atoms with Gasteiger partial charge in [-0.3, -0.25) is 4.79 Å². The molecule has 1 aromatic heterocycles. The minimum absolute atomic E-state index is 0.0775. The summed E-state index contributed by atoms with van der Waals surface area (Å²) >= 11 is 1.44. The smallest absolute Gasteiger partial charge is 0.233 e. The lowest BCUT2D eigenvalue weighted by atomic mass is 10.1. The summed E-state index contributed by atoms with van der Waals surface area (Å²) in [5, 5.41) is 9.49. The molecule has 5 nitrogen and oxygen atoms in total. The van der Waals surface area contributed by atoms with Crippen LogP contribution in [0.2, 0.25) is 0 Å². The Kier molecular flexibility index (Phi) is 6.52. The number of hydrogen-bond donors (Lipinski definition) is 0. The molecule has 6 heteroatoms. The van der Waals surface area contributed by atoms with Crippen molar-refractivity contribution in [2.45, 2.75) is 39.0 Å². The third-order valence-electron chi connectivity index (χ3n) is 4.71. The molecule has 1 amide bonds. The quantitative estimate of drug-likeness (QED) is 0.560. The number of nitrogens with zero attached hydrogens (tertiary/aromatic N) is 4. The molecule has 0 atom stereocenters. The minimum Gasteiger partial charge on any atom is -0.341 e. The predicted octanol–water partition coefficient (Wildman–Crippen LogP) is 4.33. The van der Waals surface area contributed by atoms with Crippen LogP contribution in [0.1, 0.15) is 23.6 Å². The van der Waals surface area contributed by atoms with Crippen molar-refractivity contribution in [1.29, 1.82) is 0 Å². The molecule has 0 fully saturated rings. The zero-order chi connectivity index (χ0) is 20.1. The summed E-state index contributed by atoms with van der Waals surface area (Å²) in [6.07, 6.45) is 0. The highest BCUT2D eigenvalue weighted by atomic mass is 32.2. The highest BCUT2D eigenvalue weighted by molar-refractivity contribution is 7.99. The van der Waals surface area contributed by atoms with Crippen molar-refractivity contribution in [2.75, 3.05) is 12.8 Å². The maximum Gasteiger partial charge on any atom is 0.233 e. The summed E-state index contributed by atoms with van der Waals surface area (Å²) in [6, 6.07) is 16.4.